The van der Waals surface area contributed by atoms with Crippen LogP contribution in [0.15, 0.2) is 48.5 Å². The Bertz CT molecular complexity index is 980. The lowest BCUT2D eigenvalue weighted by molar-refractivity contribution is -0.384. The predicted molar refractivity (Wildman–Crippen MR) is 98.5 cm³/mol. The van der Waals surface area contributed by atoms with Crippen LogP contribution in [0.2, 0.25) is 0 Å². The third-order valence-corrected chi connectivity index (χ3v) is 5.21. The molecular weight excluding hydrogens is 362 g/mol. The average molecular weight is 379 g/mol. The first kappa shape index (κ1) is 17.8. The summed E-state index contributed by atoms with van der Waals surface area (Å²) in [5, 5.41) is 10.9. The molecule has 28 heavy (non-hydrogen) atoms. The van der Waals surface area contributed by atoms with E-state index in [4.69, 9.17) is 0 Å². The van der Waals surface area contributed by atoms with E-state index >= 15 is 0 Å². The lowest BCUT2D eigenvalue weighted by Crippen LogP contribution is -2.68. The van der Waals surface area contributed by atoms with Crippen molar-refractivity contribution < 1.29 is 19.3 Å². The van der Waals surface area contributed by atoms with E-state index in [0.29, 0.717) is 5.56 Å². The zero-order chi connectivity index (χ0) is 20.2. The second kappa shape index (κ2) is 6.26. The van der Waals surface area contributed by atoms with Crippen LogP contribution in [0.5, 0.6) is 0 Å². The van der Waals surface area contributed by atoms with E-state index < -0.39 is 28.8 Å². The van der Waals surface area contributed by atoms with Crippen molar-refractivity contribution >= 4 is 23.4 Å². The number of carbonyl (C=O) groups is 3. The summed E-state index contributed by atoms with van der Waals surface area (Å²) < 4.78 is 0. The van der Waals surface area contributed by atoms with Gasteiger partial charge in [-0.15, -0.1) is 0 Å². The number of nitro benzene ring substituents is 1. The SMILES string of the molecule is CC(C)N1C(=O)[C@H](N2C(=O)c3ccccc3C2=O)[C@@H]1c1ccc([N+](=O)[O-])cc1. The quantitative estimate of drug-likeness (QED) is 0.352. The van der Waals surface area contributed by atoms with Crippen molar-refractivity contribution in [2.75, 3.05) is 0 Å². The van der Waals surface area contributed by atoms with Crippen LogP contribution >= 0.6 is 0 Å². The number of carbonyl (C=O) groups excluding carboxylic acids is 3. The van der Waals surface area contributed by atoms with E-state index in [1.807, 2.05) is 13.8 Å². The second-order valence-corrected chi connectivity index (χ2v) is 7.10. The Morgan fingerprint density at radius 1 is 0.893 bits per heavy atom. The zero-order valence-electron chi connectivity index (χ0n) is 15.2. The van der Waals surface area contributed by atoms with Crippen LogP contribution in [0, 0.1) is 10.1 Å². The third-order valence-electron chi connectivity index (χ3n) is 5.21. The molecule has 0 radical (unpaired) electrons. The molecule has 0 bridgehead atoms. The van der Waals surface area contributed by atoms with Gasteiger partial charge in [0.15, 0.2) is 0 Å². The molecule has 1 fully saturated rings. The minimum absolute atomic E-state index is 0.0669. The maximum atomic E-state index is 12.9. The van der Waals surface area contributed by atoms with Crippen molar-refractivity contribution in [2.45, 2.75) is 32.0 Å². The average Bonchev–Trinajstić information content (AvgIpc) is 2.91. The van der Waals surface area contributed by atoms with Crippen LogP contribution in [0.25, 0.3) is 0 Å². The number of nitro groups is 1. The Morgan fingerprint density at radius 3 is 1.89 bits per heavy atom. The van der Waals surface area contributed by atoms with Crippen molar-refractivity contribution in [2.24, 2.45) is 0 Å². The minimum atomic E-state index is -0.962. The molecule has 142 valence electrons. The summed E-state index contributed by atoms with van der Waals surface area (Å²) >= 11 is 0. The summed E-state index contributed by atoms with van der Waals surface area (Å²) in [6, 6.07) is 10.7. The summed E-state index contributed by atoms with van der Waals surface area (Å²) in [5.74, 6) is -1.30. The van der Waals surface area contributed by atoms with Crippen molar-refractivity contribution in [3.8, 4) is 0 Å². The fourth-order valence-electron chi connectivity index (χ4n) is 3.92. The first-order chi connectivity index (χ1) is 13.3. The normalized spacial score (nSPS) is 21.2. The minimum Gasteiger partial charge on any atom is -0.329 e. The summed E-state index contributed by atoms with van der Waals surface area (Å²) in [7, 11) is 0. The monoisotopic (exact) mass is 379 g/mol. The van der Waals surface area contributed by atoms with E-state index in [1.165, 1.54) is 12.1 Å². The van der Waals surface area contributed by atoms with Gasteiger partial charge in [0.05, 0.1) is 22.1 Å². The van der Waals surface area contributed by atoms with Crippen LogP contribution < -0.4 is 0 Å². The Morgan fingerprint density at radius 2 is 1.43 bits per heavy atom. The largest absolute Gasteiger partial charge is 0.329 e. The molecule has 0 spiro atoms. The van der Waals surface area contributed by atoms with Crippen molar-refractivity contribution in [1.82, 2.24) is 9.80 Å². The number of hydrogen-bond acceptors (Lipinski definition) is 5. The molecular formula is C20H17N3O5. The van der Waals surface area contributed by atoms with Gasteiger partial charge >= 0.3 is 0 Å². The highest BCUT2D eigenvalue weighted by Gasteiger charge is 2.57. The molecule has 2 heterocycles. The summed E-state index contributed by atoms with van der Waals surface area (Å²) in [4.78, 5) is 51.6. The van der Waals surface area contributed by atoms with Gasteiger partial charge in [0.1, 0.15) is 6.04 Å². The number of likely N-dealkylation sites (tertiary alicyclic amines) is 1. The van der Waals surface area contributed by atoms with Gasteiger partial charge < -0.3 is 4.90 Å². The molecule has 3 amide bonds. The summed E-state index contributed by atoms with van der Waals surface area (Å²) in [6.45, 7) is 3.68. The maximum absolute atomic E-state index is 12.9. The standard InChI is InChI=1S/C20H17N3O5/c1-11(2)21-16(12-7-9-13(10-8-12)23(27)28)17(20(21)26)22-18(24)14-5-3-4-6-15(14)19(22)25/h3-11,16-17H,1-2H3/t16-,17+/m0/s1. The molecule has 1 saturated heterocycles. The molecule has 8 heteroatoms. The van der Waals surface area contributed by atoms with Crippen molar-refractivity contribution in [1.29, 1.82) is 0 Å². The highest BCUT2D eigenvalue weighted by molar-refractivity contribution is 6.23. The molecule has 8 nitrogen and oxygen atoms in total. The van der Waals surface area contributed by atoms with Gasteiger partial charge in [0.2, 0.25) is 5.91 Å². The topological polar surface area (TPSA) is 101 Å². The third kappa shape index (κ3) is 2.41. The number of β-lactam (4-membered cyclic amide) rings is 1. The maximum Gasteiger partial charge on any atom is 0.269 e. The van der Waals surface area contributed by atoms with Gasteiger partial charge in [0, 0.05) is 18.2 Å². The Hall–Kier alpha value is -3.55. The van der Waals surface area contributed by atoms with Crippen LogP contribution in [0.4, 0.5) is 5.69 Å². The highest BCUT2D eigenvalue weighted by Crippen LogP contribution is 2.42. The Kier molecular flexibility index (Phi) is 3.99. The lowest BCUT2D eigenvalue weighted by Gasteiger charge is -2.51. The van der Waals surface area contributed by atoms with Gasteiger partial charge in [0.25, 0.3) is 17.5 Å². The Balaban J connectivity index is 1.74. The number of non-ortho nitro benzene ring substituents is 1. The smallest absolute Gasteiger partial charge is 0.269 e. The van der Waals surface area contributed by atoms with Gasteiger partial charge in [-0.1, -0.05) is 24.3 Å². The van der Waals surface area contributed by atoms with Gasteiger partial charge in [-0.3, -0.25) is 29.4 Å². The van der Waals surface area contributed by atoms with Crippen molar-refractivity contribution in [3.63, 3.8) is 0 Å². The number of fused-ring (bicyclic) bond motifs is 1. The second-order valence-electron chi connectivity index (χ2n) is 7.10. The number of rotatable bonds is 4. The van der Waals surface area contributed by atoms with Crippen LogP contribution in [-0.2, 0) is 4.79 Å². The predicted octanol–water partition coefficient (Wildman–Crippen LogP) is 2.55. The van der Waals surface area contributed by atoms with Crippen LogP contribution in [0.3, 0.4) is 0 Å². The molecule has 2 aromatic rings. The van der Waals surface area contributed by atoms with E-state index in [-0.39, 0.29) is 28.8 Å². The molecule has 0 aromatic heterocycles. The van der Waals surface area contributed by atoms with Crippen LogP contribution in [-0.4, -0.2) is 44.5 Å². The number of nitrogens with zero attached hydrogens (tertiary/aromatic N) is 3. The molecule has 0 N–H and O–H groups in total. The number of amides is 3. The number of imide groups is 1. The summed E-state index contributed by atoms with van der Waals surface area (Å²) in [6.07, 6.45) is 0. The van der Waals surface area contributed by atoms with Gasteiger partial charge in [-0.2, -0.15) is 0 Å². The lowest BCUT2D eigenvalue weighted by atomic mass is 9.85. The molecule has 2 aliphatic heterocycles. The Labute approximate surface area is 160 Å². The fraction of sp³-hybridized carbons (Fsp3) is 0.250. The molecule has 0 aliphatic carbocycles. The number of benzene rings is 2. The molecule has 2 aliphatic rings. The first-order valence-corrected chi connectivity index (χ1v) is 8.86. The van der Waals surface area contributed by atoms with Crippen molar-refractivity contribution in [3.05, 3.63) is 75.3 Å². The molecule has 0 unspecified atom stereocenters. The number of hydrogen-bond donors (Lipinski definition) is 0. The molecule has 4 rings (SSSR count). The van der Waals surface area contributed by atoms with Gasteiger partial charge in [-0.05, 0) is 31.5 Å². The van der Waals surface area contributed by atoms with E-state index in [0.717, 1.165) is 4.90 Å². The summed E-state index contributed by atoms with van der Waals surface area (Å²) in [5.41, 5.74) is 1.14. The fourth-order valence-corrected chi connectivity index (χ4v) is 3.92. The molecule has 2 aromatic carbocycles. The highest BCUT2D eigenvalue weighted by atomic mass is 16.6. The van der Waals surface area contributed by atoms with E-state index in [1.54, 1.807) is 41.3 Å². The van der Waals surface area contributed by atoms with Crippen LogP contribution in [0.1, 0.15) is 46.2 Å². The first-order valence-electron chi connectivity index (χ1n) is 8.86. The molecule has 0 saturated carbocycles. The molecule has 2 atom stereocenters. The zero-order valence-corrected chi connectivity index (χ0v) is 15.2. The van der Waals surface area contributed by atoms with E-state index in [9.17, 15) is 24.5 Å². The van der Waals surface area contributed by atoms with Gasteiger partial charge in [-0.25, -0.2) is 0 Å². The van der Waals surface area contributed by atoms with E-state index in [2.05, 4.69) is 0 Å².